The highest BCUT2D eigenvalue weighted by Gasteiger charge is 2.38. The highest BCUT2D eigenvalue weighted by atomic mass is 35.5. The van der Waals surface area contributed by atoms with E-state index >= 15 is 0 Å². The van der Waals surface area contributed by atoms with Crippen molar-refractivity contribution in [3.8, 4) is 0 Å². The van der Waals surface area contributed by atoms with Gasteiger partial charge >= 0.3 is 12.1 Å². The Bertz CT molecular complexity index is 490. The smallest absolute Gasteiger partial charge is 0.416 e. The van der Waals surface area contributed by atoms with Gasteiger partial charge in [0.25, 0.3) is 0 Å². The van der Waals surface area contributed by atoms with Crippen LogP contribution in [0.15, 0.2) is 18.2 Å². The van der Waals surface area contributed by atoms with E-state index in [1.807, 2.05) is 0 Å². The minimum Gasteiger partial charge on any atom is -0.464 e. The summed E-state index contributed by atoms with van der Waals surface area (Å²) in [6, 6.07) is 2.63. The Morgan fingerprint density at radius 1 is 1.40 bits per heavy atom. The molecule has 0 amide bonds. The summed E-state index contributed by atoms with van der Waals surface area (Å²) in [7, 11) is 0. The topological polar surface area (TPSA) is 66.8 Å². The van der Waals surface area contributed by atoms with E-state index in [1.165, 1.54) is 6.92 Å². The van der Waals surface area contributed by atoms with Crippen LogP contribution < -0.4 is 0 Å². The number of hydrogen-bond acceptors (Lipinski definition) is 4. The van der Waals surface area contributed by atoms with Crippen LogP contribution in [0.2, 0.25) is 5.02 Å². The Kier molecular flexibility index (Phi) is 5.38. The quantitative estimate of drug-likeness (QED) is 0.837. The van der Waals surface area contributed by atoms with Crippen LogP contribution in [-0.2, 0) is 15.7 Å². The third kappa shape index (κ3) is 3.84. The molecule has 2 unspecified atom stereocenters. The summed E-state index contributed by atoms with van der Waals surface area (Å²) < 4.78 is 42.9. The fourth-order valence-corrected chi connectivity index (χ4v) is 1.73. The molecule has 2 N–H and O–H groups in total. The molecule has 20 heavy (non-hydrogen) atoms. The van der Waals surface area contributed by atoms with Gasteiger partial charge < -0.3 is 14.9 Å². The summed E-state index contributed by atoms with van der Waals surface area (Å²) in [6.45, 7) is 1.38. The lowest BCUT2D eigenvalue weighted by Crippen LogP contribution is -2.31. The SMILES string of the molecule is CCOC(=O)C(O)C(O)c1ccc(Cl)cc1C(F)(F)F. The maximum Gasteiger partial charge on any atom is 0.416 e. The van der Waals surface area contributed by atoms with Crippen LogP contribution >= 0.6 is 11.6 Å². The van der Waals surface area contributed by atoms with Gasteiger partial charge in [0.1, 0.15) is 6.10 Å². The summed E-state index contributed by atoms with van der Waals surface area (Å²) in [5.41, 5.74) is -1.87. The number of benzene rings is 1. The fraction of sp³-hybridized carbons (Fsp3) is 0.417. The number of carbonyl (C=O) groups excluding carboxylic acids is 1. The molecule has 0 aromatic heterocycles. The van der Waals surface area contributed by atoms with Crippen molar-refractivity contribution in [2.75, 3.05) is 6.61 Å². The molecular weight excluding hydrogens is 301 g/mol. The van der Waals surface area contributed by atoms with Crippen molar-refractivity contribution < 1.29 is 32.9 Å². The molecule has 0 spiro atoms. The second kappa shape index (κ2) is 6.43. The van der Waals surface area contributed by atoms with E-state index in [2.05, 4.69) is 4.74 Å². The van der Waals surface area contributed by atoms with E-state index < -0.39 is 35.5 Å². The number of hydrogen-bond donors (Lipinski definition) is 2. The second-order valence-electron chi connectivity index (χ2n) is 3.87. The molecule has 1 aromatic rings. The number of aliphatic hydroxyl groups excluding tert-OH is 2. The molecule has 4 nitrogen and oxygen atoms in total. The lowest BCUT2D eigenvalue weighted by atomic mass is 9.98. The van der Waals surface area contributed by atoms with Crippen molar-refractivity contribution >= 4 is 17.6 Å². The predicted octanol–water partition coefficient (Wildman–Crippen LogP) is 2.32. The molecule has 2 atom stereocenters. The summed E-state index contributed by atoms with van der Waals surface area (Å²) in [5.74, 6) is -1.21. The number of carbonyl (C=O) groups is 1. The molecule has 0 heterocycles. The van der Waals surface area contributed by atoms with Gasteiger partial charge in [-0.1, -0.05) is 17.7 Å². The lowest BCUT2D eigenvalue weighted by molar-refractivity contribution is -0.161. The molecule has 0 radical (unpaired) electrons. The van der Waals surface area contributed by atoms with Gasteiger partial charge in [-0.2, -0.15) is 13.2 Å². The molecule has 0 fully saturated rings. The largest absolute Gasteiger partial charge is 0.464 e. The highest BCUT2D eigenvalue weighted by molar-refractivity contribution is 6.30. The molecule has 1 rings (SSSR count). The Morgan fingerprint density at radius 2 is 2.00 bits per heavy atom. The number of alkyl halides is 3. The van der Waals surface area contributed by atoms with E-state index in [9.17, 15) is 28.2 Å². The summed E-state index contributed by atoms with van der Waals surface area (Å²) in [6.07, 6.45) is -8.96. The van der Waals surface area contributed by atoms with Gasteiger partial charge in [-0.3, -0.25) is 0 Å². The zero-order chi connectivity index (χ0) is 15.5. The number of rotatable bonds is 4. The van der Waals surface area contributed by atoms with E-state index in [-0.39, 0.29) is 11.6 Å². The van der Waals surface area contributed by atoms with Crippen LogP contribution in [0.4, 0.5) is 13.2 Å². The molecule has 1 aromatic carbocycles. The van der Waals surface area contributed by atoms with Crippen LogP contribution in [0.3, 0.4) is 0 Å². The van der Waals surface area contributed by atoms with Crippen molar-refractivity contribution in [3.63, 3.8) is 0 Å². The zero-order valence-corrected chi connectivity index (χ0v) is 11.1. The predicted molar refractivity (Wildman–Crippen MR) is 64.1 cm³/mol. The molecule has 112 valence electrons. The molecule has 0 aliphatic heterocycles. The third-order valence-corrected chi connectivity index (χ3v) is 2.70. The maximum absolute atomic E-state index is 12.8. The van der Waals surface area contributed by atoms with Crippen LogP contribution in [0.1, 0.15) is 24.2 Å². The lowest BCUT2D eigenvalue weighted by Gasteiger charge is -2.21. The molecule has 8 heteroatoms. The van der Waals surface area contributed by atoms with Gasteiger partial charge in [-0.25, -0.2) is 4.79 Å². The molecule has 0 saturated heterocycles. The zero-order valence-electron chi connectivity index (χ0n) is 10.3. The minimum absolute atomic E-state index is 0.0740. The molecule has 0 saturated carbocycles. The van der Waals surface area contributed by atoms with Crippen LogP contribution in [0.25, 0.3) is 0 Å². The third-order valence-electron chi connectivity index (χ3n) is 2.47. The Hall–Kier alpha value is -1.31. The van der Waals surface area contributed by atoms with E-state index in [0.29, 0.717) is 6.07 Å². The van der Waals surface area contributed by atoms with Crippen molar-refractivity contribution in [2.24, 2.45) is 0 Å². The van der Waals surface area contributed by atoms with Crippen LogP contribution in [0.5, 0.6) is 0 Å². The summed E-state index contributed by atoms with van der Waals surface area (Å²) in [5, 5.41) is 19.1. The Balaban J connectivity index is 3.16. The van der Waals surface area contributed by atoms with E-state index in [1.54, 1.807) is 0 Å². The number of ether oxygens (including phenoxy) is 1. The average molecular weight is 313 g/mol. The number of halogens is 4. The van der Waals surface area contributed by atoms with Crippen LogP contribution in [0, 0.1) is 0 Å². The average Bonchev–Trinajstić information content (AvgIpc) is 2.36. The fourth-order valence-electron chi connectivity index (χ4n) is 1.56. The van der Waals surface area contributed by atoms with Gasteiger partial charge in [0.05, 0.1) is 12.2 Å². The first kappa shape index (κ1) is 16.7. The maximum atomic E-state index is 12.8. The Labute approximate surface area is 117 Å². The molecule has 0 aliphatic rings. The standard InChI is InChI=1S/C12H12ClF3O4/c1-2-20-11(19)10(18)9(17)7-4-3-6(13)5-8(7)12(14,15)16/h3-5,9-10,17-18H,2H2,1H3. The van der Waals surface area contributed by atoms with Crippen LogP contribution in [-0.4, -0.2) is 28.9 Å². The van der Waals surface area contributed by atoms with Crippen molar-refractivity contribution in [1.29, 1.82) is 0 Å². The van der Waals surface area contributed by atoms with E-state index in [0.717, 1.165) is 12.1 Å². The molecule has 0 aliphatic carbocycles. The van der Waals surface area contributed by atoms with Crippen molar-refractivity contribution in [3.05, 3.63) is 34.3 Å². The van der Waals surface area contributed by atoms with Gasteiger partial charge in [-0.05, 0) is 24.6 Å². The van der Waals surface area contributed by atoms with Gasteiger partial charge in [0.15, 0.2) is 6.10 Å². The number of aliphatic hydroxyl groups is 2. The van der Waals surface area contributed by atoms with Gasteiger partial charge in [-0.15, -0.1) is 0 Å². The second-order valence-corrected chi connectivity index (χ2v) is 4.31. The first-order valence-electron chi connectivity index (χ1n) is 5.58. The minimum atomic E-state index is -4.78. The van der Waals surface area contributed by atoms with Gasteiger partial charge in [0.2, 0.25) is 0 Å². The van der Waals surface area contributed by atoms with Gasteiger partial charge in [0, 0.05) is 5.02 Å². The first-order chi connectivity index (χ1) is 9.18. The Morgan fingerprint density at radius 3 is 2.50 bits per heavy atom. The monoisotopic (exact) mass is 312 g/mol. The molecule has 0 bridgehead atoms. The van der Waals surface area contributed by atoms with Crippen molar-refractivity contribution in [2.45, 2.75) is 25.3 Å². The van der Waals surface area contributed by atoms with Crippen molar-refractivity contribution in [1.82, 2.24) is 0 Å². The first-order valence-corrected chi connectivity index (χ1v) is 5.95. The normalized spacial score (nSPS) is 14.8. The highest BCUT2D eigenvalue weighted by Crippen LogP contribution is 2.37. The number of esters is 1. The van der Waals surface area contributed by atoms with E-state index in [4.69, 9.17) is 11.6 Å². The summed E-state index contributed by atoms with van der Waals surface area (Å²) in [4.78, 5) is 11.2. The molecular formula is C12H12ClF3O4. The summed E-state index contributed by atoms with van der Waals surface area (Å²) >= 11 is 5.48.